The van der Waals surface area contributed by atoms with Gasteiger partial charge in [0, 0.05) is 24.5 Å². The number of aryl methyl sites for hydroxylation is 1. The Morgan fingerprint density at radius 3 is 2.58 bits per heavy atom. The minimum absolute atomic E-state index is 0.0647. The molecule has 0 radical (unpaired) electrons. The number of nitrogens with zero attached hydrogens (tertiary/aromatic N) is 1. The van der Waals surface area contributed by atoms with Gasteiger partial charge in [-0.25, -0.2) is 0 Å². The molecule has 0 aliphatic carbocycles. The van der Waals surface area contributed by atoms with Gasteiger partial charge < -0.3 is 14.3 Å². The molecule has 4 heteroatoms. The predicted octanol–water partition coefficient (Wildman–Crippen LogP) is 4.94. The summed E-state index contributed by atoms with van der Waals surface area (Å²) in [5, 5.41) is 4.11. The molecule has 2 aromatic carbocycles. The number of amides is 1. The van der Waals surface area contributed by atoms with Crippen LogP contribution in [0.4, 0.5) is 0 Å². The van der Waals surface area contributed by atoms with Crippen molar-refractivity contribution in [3.05, 3.63) is 71.9 Å². The van der Waals surface area contributed by atoms with Crippen LogP contribution in [0.1, 0.15) is 35.8 Å². The SMILES string of the molecule is CCn1c(C(=O)NCC(C)c2ccccc2)cc2oc3ccccc3c21. The second kappa shape index (κ2) is 6.71. The van der Waals surface area contributed by atoms with Crippen LogP contribution >= 0.6 is 0 Å². The molecule has 0 saturated carbocycles. The van der Waals surface area contributed by atoms with Crippen molar-refractivity contribution in [3.8, 4) is 0 Å². The fraction of sp³-hybridized carbons (Fsp3) is 0.227. The smallest absolute Gasteiger partial charge is 0.268 e. The van der Waals surface area contributed by atoms with Crippen LogP contribution in [0.2, 0.25) is 0 Å². The van der Waals surface area contributed by atoms with Crippen LogP contribution < -0.4 is 5.32 Å². The zero-order valence-electron chi connectivity index (χ0n) is 15.0. The summed E-state index contributed by atoms with van der Waals surface area (Å²) in [7, 11) is 0. The summed E-state index contributed by atoms with van der Waals surface area (Å²) in [6.07, 6.45) is 0. The van der Waals surface area contributed by atoms with Crippen molar-refractivity contribution < 1.29 is 9.21 Å². The number of rotatable bonds is 5. The van der Waals surface area contributed by atoms with Crippen molar-refractivity contribution in [3.63, 3.8) is 0 Å². The van der Waals surface area contributed by atoms with Gasteiger partial charge in [-0.2, -0.15) is 0 Å². The molecular weight excluding hydrogens is 324 g/mol. The lowest BCUT2D eigenvalue weighted by molar-refractivity contribution is 0.0943. The van der Waals surface area contributed by atoms with E-state index in [1.807, 2.05) is 60.0 Å². The number of carbonyl (C=O) groups is 1. The van der Waals surface area contributed by atoms with Crippen LogP contribution in [0, 0.1) is 0 Å². The zero-order chi connectivity index (χ0) is 18.1. The fourth-order valence-electron chi connectivity index (χ4n) is 3.50. The molecule has 0 fully saturated rings. The second-order valence-electron chi connectivity index (χ2n) is 6.61. The molecule has 0 saturated heterocycles. The van der Waals surface area contributed by atoms with Crippen molar-refractivity contribution in [1.82, 2.24) is 9.88 Å². The number of fused-ring (bicyclic) bond motifs is 3. The van der Waals surface area contributed by atoms with E-state index in [9.17, 15) is 4.79 Å². The van der Waals surface area contributed by atoms with E-state index in [4.69, 9.17) is 4.42 Å². The van der Waals surface area contributed by atoms with Gasteiger partial charge in [-0.15, -0.1) is 0 Å². The second-order valence-corrected chi connectivity index (χ2v) is 6.61. The lowest BCUT2D eigenvalue weighted by atomic mass is 10.0. The van der Waals surface area contributed by atoms with E-state index in [2.05, 4.69) is 24.4 Å². The quantitative estimate of drug-likeness (QED) is 0.556. The molecule has 4 rings (SSSR count). The number of hydrogen-bond acceptors (Lipinski definition) is 2. The summed E-state index contributed by atoms with van der Waals surface area (Å²) < 4.78 is 7.95. The average molecular weight is 346 g/mol. The van der Waals surface area contributed by atoms with Gasteiger partial charge in [-0.05, 0) is 30.5 Å². The van der Waals surface area contributed by atoms with Crippen LogP contribution in [0.5, 0.6) is 0 Å². The van der Waals surface area contributed by atoms with Crippen LogP contribution in [0.25, 0.3) is 22.1 Å². The summed E-state index contributed by atoms with van der Waals surface area (Å²) in [5.41, 5.74) is 4.47. The first kappa shape index (κ1) is 16.5. The third-order valence-corrected chi connectivity index (χ3v) is 4.91. The van der Waals surface area contributed by atoms with E-state index >= 15 is 0 Å². The Morgan fingerprint density at radius 2 is 1.81 bits per heavy atom. The largest absolute Gasteiger partial charge is 0.454 e. The summed E-state index contributed by atoms with van der Waals surface area (Å²) in [6, 6.07) is 20.0. The maximum Gasteiger partial charge on any atom is 0.268 e. The van der Waals surface area contributed by atoms with Crippen LogP contribution in [-0.4, -0.2) is 17.0 Å². The van der Waals surface area contributed by atoms with Crippen LogP contribution in [0.15, 0.2) is 65.1 Å². The monoisotopic (exact) mass is 346 g/mol. The van der Waals surface area contributed by atoms with Gasteiger partial charge in [0.2, 0.25) is 0 Å². The molecule has 2 aromatic heterocycles. The normalized spacial score (nSPS) is 12.5. The van der Waals surface area contributed by atoms with Gasteiger partial charge in [0.05, 0.1) is 5.52 Å². The van der Waals surface area contributed by atoms with Crippen molar-refractivity contribution >= 4 is 28.0 Å². The lowest BCUT2D eigenvalue weighted by Gasteiger charge is -2.14. The van der Waals surface area contributed by atoms with E-state index in [1.54, 1.807) is 0 Å². The molecule has 26 heavy (non-hydrogen) atoms. The Labute approximate surface area is 152 Å². The maximum absolute atomic E-state index is 12.8. The van der Waals surface area contributed by atoms with Gasteiger partial charge >= 0.3 is 0 Å². The third-order valence-electron chi connectivity index (χ3n) is 4.91. The van der Waals surface area contributed by atoms with Gasteiger partial charge in [0.15, 0.2) is 5.58 Å². The van der Waals surface area contributed by atoms with E-state index in [-0.39, 0.29) is 11.8 Å². The molecule has 2 heterocycles. The Hall–Kier alpha value is -3.01. The first-order chi connectivity index (χ1) is 12.7. The number of benzene rings is 2. The number of para-hydroxylation sites is 1. The zero-order valence-corrected chi connectivity index (χ0v) is 15.0. The molecule has 1 N–H and O–H groups in total. The lowest BCUT2D eigenvalue weighted by Crippen LogP contribution is -2.29. The molecule has 4 nitrogen and oxygen atoms in total. The van der Waals surface area contributed by atoms with Crippen molar-refractivity contribution in [2.24, 2.45) is 0 Å². The van der Waals surface area contributed by atoms with E-state index in [1.165, 1.54) is 5.56 Å². The average Bonchev–Trinajstić information content (AvgIpc) is 3.22. The molecule has 4 aromatic rings. The predicted molar refractivity (Wildman–Crippen MR) is 105 cm³/mol. The summed E-state index contributed by atoms with van der Waals surface area (Å²) >= 11 is 0. The van der Waals surface area contributed by atoms with Gasteiger partial charge in [-0.1, -0.05) is 49.4 Å². The number of hydrogen-bond donors (Lipinski definition) is 1. The minimum Gasteiger partial charge on any atom is -0.454 e. The topological polar surface area (TPSA) is 47.2 Å². The molecule has 0 spiro atoms. The third kappa shape index (κ3) is 2.77. The summed E-state index contributed by atoms with van der Waals surface area (Å²) in [4.78, 5) is 12.8. The van der Waals surface area contributed by atoms with Crippen LogP contribution in [-0.2, 0) is 6.54 Å². The van der Waals surface area contributed by atoms with Gasteiger partial charge in [0.25, 0.3) is 5.91 Å². The van der Waals surface area contributed by atoms with E-state index < -0.39 is 0 Å². The number of furan rings is 1. The molecule has 0 aliphatic heterocycles. The van der Waals surface area contributed by atoms with Gasteiger partial charge in [-0.3, -0.25) is 4.79 Å². The Bertz CT molecular complexity index is 1060. The molecule has 0 bridgehead atoms. The number of aromatic nitrogens is 1. The number of nitrogens with one attached hydrogen (secondary N) is 1. The highest BCUT2D eigenvalue weighted by molar-refractivity contribution is 6.07. The standard InChI is InChI=1S/C22H22N2O2/c1-3-24-18(13-20-21(24)17-11-7-8-12-19(17)26-20)22(25)23-14-15(2)16-9-5-4-6-10-16/h4-13,15H,3,14H2,1-2H3,(H,23,25). The molecule has 1 amide bonds. The van der Waals surface area contributed by atoms with Crippen molar-refractivity contribution in [2.45, 2.75) is 26.3 Å². The van der Waals surface area contributed by atoms with Crippen molar-refractivity contribution in [1.29, 1.82) is 0 Å². The fourth-order valence-corrected chi connectivity index (χ4v) is 3.50. The minimum atomic E-state index is -0.0647. The van der Waals surface area contributed by atoms with Crippen LogP contribution in [0.3, 0.4) is 0 Å². The molecular formula is C22H22N2O2. The van der Waals surface area contributed by atoms with E-state index in [0.717, 1.165) is 22.1 Å². The van der Waals surface area contributed by atoms with Gasteiger partial charge in [0.1, 0.15) is 11.3 Å². The molecule has 1 atom stereocenters. The molecule has 132 valence electrons. The Morgan fingerprint density at radius 1 is 1.08 bits per heavy atom. The molecule has 0 aliphatic rings. The summed E-state index contributed by atoms with van der Waals surface area (Å²) in [6.45, 7) is 5.47. The highest BCUT2D eigenvalue weighted by Crippen LogP contribution is 2.31. The van der Waals surface area contributed by atoms with E-state index in [0.29, 0.717) is 18.8 Å². The highest BCUT2D eigenvalue weighted by atomic mass is 16.3. The Kier molecular flexibility index (Phi) is 4.25. The Balaban J connectivity index is 1.60. The first-order valence-electron chi connectivity index (χ1n) is 9.03. The number of carbonyl (C=O) groups excluding carboxylic acids is 1. The first-order valence-corrected chi connectivity index (χ1v) is 9.03. The summed E-state index contributed by atoms with van der Waals surface area (Å²) in [5.74, 6) is 0.194. The maximum atomic E-state index is 12.8. The van der Waals surface area contributed by atoms with Crippen molar-refractivity contribution in [2.75, 3.05) is 6.54 Å². The molecule has 1 unspecified atom stereocenters. The highest BCUT2D eigenvalue weighted by Gasteiger charge is 2.20.